The minimum absolute atomic E-state index is 0.114. The molecule has 1 aliphatic heterocycles. The molecule has 1 saturated heterocycles. The first-order chi connectivity index (χ1) is 15.7. The monoisotopic (exact) mass is 457 g/mol. The van der Waals surface area contributed by atoms with Crippen molar-refractivity contribution in [2.45, 2.75) is 32.0 Å². The molecule has 1 aromatic heterocycles. The Labute approximate surface area is 190 Å². The van der Waals surface area contributed by atoms with Gasteiger partial charge in [-0.1, -0.05) is 48.5 Å². The van der Waals surface area contributed by atoms with Gasteiger partial charge in [-0.2, -0.15) is 18.3 Å². The minimum Gasteiger partial charge on any atom is -0.333 e. The quantitative estimate of drug-likeness (QED) is 0.587. The summed E-state index contributed by atoms with van der Waals surface area (Å²) >= 11 is 0. The van der Waals surface area contributed by atoms with Crippen LogP contribution in [0.25, 0.3) is 5.69 Å². The number of halogens is 3. The number of carbonyl (C=O) groups is 1. The van der Waals surface area contributed by atoms with Crippen LogP contribution >= 0.6 is 0 Å². The zero-order valence-corrected chi connectivity index (χ0v) is 18.4. The Morgan fingerprint density at radius 3 is 2.30 bits per heavy atom. The molecule has 0 radical (unpaired) electrons. The van der Waals surface area contributed by atoms with Crippen molar-refractivity contribution >= 4 is 11.8 Å². The lowest BCUT2D eigenvalue weighted by molar-refractivity contribution is -0.143. The van der Waals surface area contributed by atoms with Crippen molar-refractivity contribution in [1.29, 1.82) is 0 Å². The summed E-state index contributed by atoms with van der Waals surface area (Å²) in [6.45, 7) is 3.05. The molecule has 0 saturated carbocycles. The Morgan fingerprint density at radius 2 is 1.67 bits per heavy atom. The average Bonchev–Trinajstić information content (AvgIpc) is 3.29. The predicted octanol–water partition coefficient (Wildman–Crippen LogP) is 4.64. The standard InChI is InChI=1S/C24H26F3N5O/c1-16-17(2)30-32(19-11-7-4-8-12-19)22(16)29-23(33)28-21-14-31(15-24(25,26)27)13-20(21)18-9-5-3-6-10-18/h3-12,20-21H,13-15H2,1-2H3,(H2,28,29,33)/t20-,21+/m1/s1. The number of urea groups is 1. The van der Waals surface area contributed by atoms with Gasteiger partial charge in [0.2, 0.25) is 0 Å². The highest BCUT2D eigenvalue weighted by Crippen LogP contribution is 2.30. The van der Waals surface area contributed by atoms with Gasteiger partial charge in [-0.3, -0.25) is 10.2 Å². The van der Waals surface area contributed by atoms with E-state index in [2.05, 4.69) is 15.7 Å². The number of anilines is 1. The van der Waals surface area contributed by atoms with Crippen molar-refractivity contribution in [3.63, 3.8) is 0 Å². The fraction of sp³-hybridized carbons (Fsp3) is 0.333. The molecule has 3 aromatic rings. The molecule has 0 spiro atoms. The average molecular weight is 458 g/mol. The fourth-order valence-electron chi connectivity index (χ4n) is 4.27. The topological polar surface area (TPSA) is 62.2 Å². The first-order valence-corrected chi connectivity index (χ1v) is 10.7. The van der Waals surface area contributed by atoms with Crippen molar-refractivity contribution in [1.82, 2.24) is 20.0 Å². The molecule has 0 bridgehead atoms. The SMILES string of the molecule is Cc1nn(-c2ccccc2)c(NC(=O)N[C@H]2CN(CC(F)(F)F)C[C@@H]2c2ccccc2)c1C. The van der Waals surface area contributed by atoms with Crippen LogP contribution in [0.1, 0.15) is 22.7 Å². The van der Waals surface area contributed by atoms with Gasteiger partial charge in [0.1, 0.15) is 5.82 Å². The van der Waals surface area contributed by atoms with E-state index in [1.165, 1.54) is 4.90 Å². The number of nitrogens with one attached hydrogen (secondary N) is 2. The van der Waals surface area contributed by atoms with Crippen molar-refractivity contribution in [3.8, 4) is 5.69 Å². The molecule has 6 nitrogen and oxygen atoms in total. The maximum absolute atomic E-state index is 13.0. The number of alkyl halides is 3. The second-order valence-corrected chi connectivity index (χ2v) is 8.34. The third-order valence-corrected chi connectivity index (χ3v) is 5.94. The Balaban J connectivity index is 1.53. The molecule has 174 valence electrons. The Kier molecular flexibility index (Phi) is 6.42. The number of hydrogen-bond donors (Lipinski definition) is 2. The molecular weight excluding hydrogens is 431 g/mol. The molecule has 2 aromatic carbocycles. The number of hydrogen-bond acceptors (Lipinski definition) is 3. The van der Waals surface area contributed by atoms with Gasteiger partial charge in [0.15, 0.2) is 0 Å². The third kappa shape index (κ3) is 5.36. The van der Waals surface area contributed by atoms with E-state index in [4.69, 9.17) is 0 Å². The van der Waals surface area contributed by atoms with Crippen LogP contribution in [0.15, 0.2) is 60.7 Å². The molecule has 2 heterocycles. The summed E-state index contributed by atoms with van der Waals surface area (Å²) in [4.78, 5) is 14.3. The second-order valence-electron chi connectivity index (χ2n) is 8.34. The summed E-state index contributed by atoms with van der Waals surface area (Å²) in [5.74, 6) is 0.277. The van der Waals surface area contributed by atoms with Gasteiger partial charge in [-0.05, 0) is 31.5 Å². The molecule has 1 fully saturated rings. The van der Waals surface area contributed by atoms with E-state index < -0.39 is 24.8 Å². The zero-order chi connectivity index (χ0) is 23.6. The molecule has 0 aliphatic carbocycles. The van der Waals surface area contributed by atoms with Crippen LogP contribution in [0.5, 0.6) is 0 Å². The van der Waals surface area contributed by atoms with Crippen LogP contribution in [0.4, 0.5) is 23.8 Å². The summed E-state index contributed by atoms with van der Waals surface area (Å²) < 4.78 is 40.7. The maximum atomic E-state index is 13.0. The normalized spacial score (nSPS) is 18.9. The summed E-state index contributed by atoms with van der Waals surface area (Å²) in [6.07, 6.45) is -4.30. The van der Waals surface area contributed by atoms with Gasteiger partial charge < -0.3 is 5.32 Å². The number of rotatable bonds is 5. The highest BCUT2D eigenvalue weighted by molar-refractivity contribution is 5.90. The van der Waals surface area contributed by atoms with E-state index in [1.54, 1.807) is 4.68 Å². The smallest absolute Gasteiger partial charge is 0.333 e. The van der Waals surface area contributed by atoms with Crippen molar-refractivity contribution in [2.75, 3.05) is 25.0 Å². The number of aromatic nitrogens is 2. The number of para-hydroxylation sites is 1. The first kappa shape index (κ1) is 22.8. The van der Waals surface area contributed by atoms with Gasteiger partial charge in [-0.15, -0.1) is 0 Å². The number of likely N-dealkylation sites (tertiary alicyclic amines) is 1. The maximum Gasteiger partial charge on any atom is 0.401 e. The lowest BCUT2D eigenvalue weighted by atomic mass is 9.94. The van der Waals surface area contributed by atoms with Crippen molar-refractivity contribution < 1.29 is 18.0 Å². The van der Waals surface area contributed by atoms with E-state index in [0.717, 1.165) is 22.5 Å². The van der Waals surface area contributed by atoms with Gasteiger partial charge >= 0.3 is 12.2 Å². The Hall–Kier alpha value is -3.33. The van der Waals surface area contributed by atoms with E-state index in [1.807, 2.05) is 74.5 Å². The number of amides is 2. The fourth-order valence-corrected chi connectivity index (χ4v) is 4.27. The number of aryl methyl sites for hydroxylation is 1. The Morgan fingerprint density at radius 1 is 1.03 bits per heavy atom. The second kappa shape index (κ2) is 9.27. The van der Waals surface area contributed by atoms with Crippen LogP contribution < -0.4 is 10.6 Å². The zero-order valence-electron chi connectivity index (χ0n) is 18.4. The molecule has 4 rings (SSSR count). The lowest BCUT2D eigenvalue weighted by Gasteiger charge is -2.21. The molecule has 9 heteroatoms. The largest absolute Gasteiger partial charge is 0.401 e. The summed E-state index contributed by atoms with van der Waals surface area (Å²) in [5.41, 5.74) is 3.28. The van der Waals surface area contributed by atoms with Crippen LogP contribution in [0.3, 0.4) is 0 Å². The van der Waals surface area contributed by atoms with Gasteiger partial charge in [0, 0.05) is 24.6 Å². The Bertz CT molecular complexity index is 1100. The highest BCUT2D eigenvalue weighted by Gasteiger charge is 2.40. The van der Waals surface area contributed by atoms with Crippen molar-refractivity contribution in [2.24, 2.45) is 0 Å². The lowest BCUT2D eigenvalue weighted by Crippen LogP contribution is -2.43. The number of carbonyl (C=O) groups excluding carboxylic acids is 1. The molecule has 33 heavy (non-hydrogen) atoms. The third-order valence-electron chi connectivity index (χ3n) is 5.94. The first-order valence-electron chi connectivity index (χ1n) is 10.7. The number of benzene rings is 2. The predicted molar refractivity (Wildman–Crippen MR) is 121 cm³/mol. The van der Waals surface area contributed by atoms with Crippen LogP contribution in [0, 0.1) is 13.8 Å². The molecule has 2 amide bonds. The molecular formula is C24H26F3N5O. The highest BCUT2D eigenvalue weighted by atomic mass is 19.4. The van der Waals surface area contributed by atoms with Gasteiger partial charge in [0.05, 0.1) is 24.0 Å². The van der Waals surface area contributed by atoms with E-state index in [9.17, 15) is 18.0 Å². The van der Waals surface area contributed by atoms with Gasteiger partial charge in [-0.25, -0.2) is 9.48 Å². The summed E-state index contributed by atoms with van der Waals surface area (Å²) in [5, 5.41) is 10.3. The van der Waals surface area contributed by atoms with E-state index in [0.29, 0.717) is 5.82 Å². The molecule has 2 N–H and O–H groups in total. The van der Waals surface area contributed by atoms with Crippen LogP contribution in [-0.4, -0.2) is 52.6 Å². The minimum atomic E-state index is -4.30. The van der Waals surface area contributed by atoms with Crippen LogP contribution in [-0.2, 0) is 0 Å². The molecule has 0 unspecified atom stereocenters. The van der Waals surface area contributed by atoms with E-state index >= 15 is 0 Å². The van der Waals surface area contributed by atoms with Crippen LogP contribution in [0.2, 0.25) is 0 Å². The molecule has 1 aliphatic rings. The van der Waals surface area contributed by atoms with Gasteiger partial charge in [0.25, 0.3) is 0 Å². The summed E-state index contributed by atoms with van der Waals surface area (Å²) in [6, 6.07) is 17.8. The summed E-state index contributed by atoms with van der Waals surface area (Å²) in [7, 11) is 0. The van der Waals surface area contributed by atoms with Crippen molar-refractivity contribution in [3.05, 3.63) is 77.5 Å². The molecule has 2 atom stereocenters. The van der Waals surface area contributed by atoms with E-state index in [-0.39, 0.29) is 19.0 Å². The number of nitrogens with zero attached hydrogens (tertiary/aromatic N) is 3.